The lowest BCUT2D eigenvalue weighted by atomic mass is 10.2. The zero-order valence-corrected chi connectivity index (χ0v) is 14.2. The molecule has 0 bridgehead atoms. The van der Waals surface area contributed by atoms with Crippen LogP contribution in [0.5, 0.6) is 0 Å². The number of hydrogen-bond donors (Lipinski definition) is 1. The first-order valence-corrected chi connectivity index (χ1v) is 8.07. The second kappa shape index (κ2) is 7.05. The zero-order chi connectivity index (χ0) is 15.4. The van der Waals surface area contributed by atoms with Crippen LogP contribution in [0.1, 0.15) is 36.2 Å². The fourth-order valence-corrected chi connectivity index (χ4v) is 3.06. The normalized spacial score (nSPS) is 11.1. The van der Waals surface area contributed by atoms with Gasteiger partial charge in [0.25, 0.3) is 0 Å². The molecule has 0 aliphatic carbocycles. The van der Waals surface area contributed by atoms with Gasteiger partial charge in [0, 0.05) is 24.5 Å². The minimum Gasteiger partial charge on any atom is -0.310 e. The molecule has 0 fully saturated rings. The van der Waals surface area contributed by atoms with Crippen molar-refractivity contribution in [2.75, 3.05) is 0 Å². The number of nitrogens with one attached hydrogen (secondary N) is 1. The maximum atomic E-state index is 4.59. The monoisotopic (exact) mass is 301 g/mol. The van der Waals surface area contributed by atoms with Crippen molar-refractivity contribution in [2.45, 2.75) is 57.3 Å². The average molecular weight is 301 g/mol. The van der Waals surface area contributed by atoms with E-state index in [-0.39, 0.29) is 0 Å². The van der Waals surface area contributed by atoms with E-state index >= 15 is 0 Å². The molecule has 3 nitrogen and oxygen atoms in total. The van der Waals surface area contributed by atoms with Crippen LogP contribution >= 0.6 is 11.8 Å². The van der Waals surface area contributed by atoms with Gasteiger partial charge >= 0.3 is 0 Å². The van der Waals surface area contributed by atoms with Gasteiger partial charge in [-0.05, 0) is 61.4 Å². The number of aryl methyl sites for hydroxylation is 3. The molecule has 0 atom stereocenters. The summed E-state index contributed by atoms with van der Waals surface area (Å²) in [6.07, 6.45) is 1.95. The minimum atomic E-state index is 0.485. The van der Waals surface area contributed by atoms with Gasteiger partial charge in [0.2, 0.25) is 0 Å². The molecule has 0 amide bonds. The molecule has 21 heavy (non-hydrogen) atoms. The Labute approximate surface area is 131 Å². The molecule has 0 spiro atoms. The number of nitrogens with zero attached hydrogens (tertiary/aromatic N) is 2. The Morgan fingerprint density at radius 1 is 1.14 bits per heavy atom. The molecule has 0 aliphatic rings. The first-order chi connectivity index (χ1) is 9.94. The van der Waals surface area contributed by atoms with Gasteiger partial charge in [-0.1, -0.05) is 19.9 Å². The van der Waals surface area contributed by atoms with Crippen LogP contribution in [0.15, 0.2) is 34.4 Å². The molecule has 1 N–H and O–H groups in total. The smallest absolute Gasteiger partial charge is 0.105 e. The van der Waals surface area contributed by atoms with Crippen molar-refractivity contribution in [2.24, 2.45) is 0 Å². The van der Waals surface area contributed by atoms with Crippen molar-refractivity contribution in [3.8, 4) is 0 Å². The molecule has 2 rings (SSSR count). The molecule has 0 unspecified atom stereocenters. The molecule has 2 aromatic rings. The van der Waals surface area contributed by atoms with Gasteiger partial charge in [0.1, 0.15) is 10.1 Å². The Kier molecular flexibility index (Phi) is 5.37. The molecule has 0 radical (unpaired) electrons. The molecule has 2 aromatic heterocycles. The van der Waals surface area contributed by atoms with Crippen molar-refractivity contribution >= 4 is 11.8 Å². The van der Waals surface area contributed by atoms with Crippen molar-refractivity contribution in [3.63, 3.8) is 0 Å². The second-order valence-electron chi connectivity index (χ2n) is 5.73. The lowest BCUT2D eigenvalue weighted by Gasteiger charge is -2.10. The topological polar surface area (TPSA) is 37.8 Å². The fraction of sp³-hybridized carbons (Fsp3) is 0.412. The van der Waals surface area contributed by atoms with Crippen LogP contribution in [0.4, 0.5) is 0 Å². The first-order valence-electron chi connectivity index (χ1n) is 7.26. The van der Waals surface area contributed by atoms with Crippen LogP contribution < -0.4 is 5.32 Å². The summed E-state index contributed by atoms with van der Waals surface area (Å²) in [4.78, 5) is 9.16. The van der Waals surface area contributed by atoms with E-state index in [0.717, 1.165) is 22.3 Å². The number of pyridine rings is 2. The Hall–Kier alpha value is -1.39. The van der Waals surface area contributed by atoms with E-state index in [1.807, 2.05) is 13.1 Å². The van der Waals surface area contributed by atoms with Crippen LogP contribution in [0.25, 0.3) is 0 Å². The summed E-state index contributed by atoms with van der Waals surface area (Å²) in [7, 11) is 0. The minimum absolute atomic E-state index is 0.485. The quantitative estimate of drug-likeness (QED) is 0.904. The molecule has 0 aliphatic heterocycles. The van der Waals surface area contributed by atoms with Crippen molar-refractivity contribution in [1.29, 1.82) is 0 Å². The van der Waals surface area contributed by atoms with Crippen molar-refractivity contribution in [3.05, 3.63) is 46.8 Å². The largest absolute Gasteiger partial charge is 0.310 e. The summed E-state index contributed by atoms with van der Waals surface area (Å²) < 4.78 is 0. The predicted molar refractivity (Wildman–Crippen MR) is 88.8 cm³/mol. The highest BCUT2D eigenvalue weighted by atomic mass is 32.2. The van der Waals surface area contributed by atoms with Crippen LogP contribution in [0.3, 0.4) is 0 Å². The Morgan fingerprint density at radius 2 is 1.90 bits per heavy atom. The summed E-state index contributed by atoms with van der Waals surface area (Å²) in [5.41, 5.74) is 4.70. The van der Waals surface area contributed by atoms with E-state index in [4.69, 9.17) is 0 Å². The summed E-state index contributed by atoms with van der Waals surface area (Å²) in [6.45, 7) is 11.4. The first kappa shape index (κ1) is 16.0. The fourth-order valence-electron chi connectivity index (χ4n) is 2.10. The lowest BCUT2D eigenvalue weighted by Crippen LogP contribution is -2.21. The Balaban J connectivity index is 2.13. The lowest BCUT2D eigenvalue weighted by molar-refractivity contribution is 0.587. The molecule has 0 saturated heterocycles. The van der Waals surface area contributed by atoms with E-state index < -0.39 is 0 Å². The summed E-state index contributed by atoms with van der Waals surface area (Å²) in [5.74, 6) is 0. The van der Waals surface area contributed by atoms with Crippen LogP contribution in [-0.2, 0) is 6.54 Å². The van der Waals surface area contributed by atoms with Gasteiger partial charge in [-0.3, -0.25) is 0 Å². The van der Waals surface area contributed by atoms with E-state index in [1.165, 1.54) is 16.7 Å². The summed E-state index contributed by atoms with van der Waals surface area (Å²) in [6, 6.07) is 6.88. The number of hydrogen-bond acceptors (Lipinski definition) is 4. The van der Waals surface area contributed by atoms with Gasteiger partial charge < -0.3 is 5.32 Å². The van der Waals surface area contributed by atoms with Gasteiger partial charge in [-0.25, -0.2) is 9.97 Å². The molecule has 4 heteroatoms. The Bertz CT molecular complexity index is 603. The van der Waals surface area contributed by atoms with E-state index in [2.05, 4.69) is 61.2 Å². The Morgan fingerprint density at radius 3 is 2.52 bits per heavy atom. The zero-order valence-electron chi connectivity index (χ0n) is 13.4. The average Bonchev–Trinajstić information content (AvgIpc) is 2.38. The van der Waals surface area contributed by atoms with E-state index in [1.54, 1.807) is 11.8 Å². The molecule has 112 valence electrons. The molecule has 0 saturated carbocycles. The molecular weight excluding hydrogens is 278 g/mol. The third kappa shape index (κ3) is 4.83. The van der Waals surface area contributed by atoms with Crippen LogP contribution in [0.2, 0.25) is 0 Å². The molecule has 2 heterocycles. The van der Waals surface area contributed by atoms with Crippen LogP contribution in [-0.4, -0.2) is 16.0 Å². The highest BCUT2D eigenvalue weighted by Crippen LogP contribution is 2.28. The maximum Gasteiger partial charge on any atom is 0.105 e. The molecule has 0 aromatic carbocycles. The van der Waals surface area contributed by atoms with Gasteiger partial charge in [-0.15, -0.1) is 0 Å². The van der Waals surface area contributed by atoms with Gasteiger partial charge in [-0.2, -0.15) is 0 Å². The van der Waals surface area contributed by atoms with Crippen molar-refractivity contribution < 1.29 is 0 Å². The summed E-state index contributed by atoms with van der Waals surface area (Å²) >= 11 is 1.63. The van der Waals surface area contributed by atoms with E-state index in [9.17, 15) is 0 Å². The molecular formula is C17H23N3S. The van der Waals surface area contributed by atoms with Crippen LogP contribution in [0, 0.1) is 20.8 Å². The van der Waals surface area contributed by atoms with Crippen molar-refractivity contribution in [1.82, 2.24) is 15.3 Å². The summed E-state index contributed by atoms with van der Waals surface area (Å²) in [5, 5.41) is 5.45. The van der Waals surface area contributed by atoms with E-state index in [0.29, 0.717) is 6.04 Å². The number of rotatable bonds is 5. The third-order valence-electron chi connectivity index (χ3n) is 3.08. The standard InChI is InChI=1S/C17H23N3S/c1-11(2)18-9-15-8-13(4)17(19-10-15)21-16-7-12(3)6-14(5)20-16/h6-8,10-11,18H,9H2,1-5H3. The predicted octanol–water partition coefficient (Wildman–Crippen LogP) is 4.05. The highest BCUT2D eigenvalue weighted by molar-refractivity contribution is 7.99. The SMILES string of the molecule is Cc1cc(C)nc(Sc2ncc(CNC(C)C)cc2C)c1. The van der Waals surface area contributed by atoms with Gasteiger partial charge in [0.15, 0.2) is 0 Å². The highest BCUT2D eigenvalue weighted by Gasteiger charge is 2.07. The maximum absolute atomic E-state index is 4.59. The third-order valence-corrected chi connectivity index (χ3v) is 4.12. The number of aromatic nitrogens is 2. The van der Waals surface area contributed by atoms with Gasteiger partial charge in [0.05, 0.1) is 0 Å². The second-order valence-corrected chi connectivity index (χ2v) is 6.74.